The number of carbonyl (C=O) groups excluding carboxylic acids is 2. The zero-order valence-electron chi connectivity index (χ0n) is 11.8. The highest BCUT2D eigenvalue weighted by Gasteiger charge is 2.27. The van der Waals surface area contributed by atoms with E-state index in [4.69, 9.17) is 14.3 Å². The molecule has 1 aromatic heterocycles. The van der Waals surface area contributed by atoms with Crippen molar-refractivity contribution in [2.75, 3.05) is 0 Å². The summed E-state index contributed by atoms with van der Waals surface area (Å²) in [6.45, 7) is 5.01. The summed E-state index contributed by atoms with van der Waals surface area (Å²) >= 11 is 3.02. The third-order valence-corrected chi connectivity index (χ3v) is 2.87. The molecule has 0 fully saturated rings. The molecule has 0 unspecified atom stereocenters. The zero-order chi connectivity index (χ0) is 16.2. The molecule has 0 radical (unpaired) electrons. The lowest BCUT2D eigenvalue weighted by Gasteiger charge is -2.21. The molecule has 0 saturated carbocycles. The van der Waals surface area contributed by atoms with E-state index in [0.29, 0.717) is 0 Å². The third-order valence-electron chi connectivity index (χ3n) is 2.26. The van der Waals surface area contributed by atoms with Gasteiger partial charge in [-0.05, 0) is 42.8 Å². The van der Waals surface area contributed by atoms with E-state index in [1.807, 2.05) is 0 Å². The van der Waals surface area contributed by atoms with Crippen molar-refractivity contribution in [2.45, 2.75) is 38.8 Å². The van der Waals surface area contributed by atoms with Gasteiger partial charge in [-0.15, -0.1) is 0 Å². The number of amides is 1. The Kier molecular flexibility index (Phi) is 5.54. The molecule has 1 aromatic rings. The van der Waals surface area contributed by atoms with Crippen molar-refractivity contribution in [1.82, 2.24) is 5.32 Å². The fourth-order valence-electron chi connectivity index (χ4n) is 1.44. The quantitative estimate of drug-likeness (QED) is 0.776. The van der Waals surface area contributed by atoms with Crippen LogP contribution in [-0.4, -0.2) is 34.6 Å². The molecule has 1 heterocycles. The van der Waals surface area contributed by atoms with Crippen LogP contribution in [0.4, 0.5) is 0 Å². The van der Waals surface area contributed by atoms with Crippen molar-refractivity contribution in [2.24, 2.45) is 0 Å². The maximum atomic E-state index is 11.9. The van der Waals surface area contributed by atoms with Crippen molar-refractivity contribution in [1.29, 1.82) is 0 Å². The summed E-state index contributed by atoms with van der Waals surface area (Å²) in [6.07, 6.45) is 0.816. The number of rotatable bonds is 5. The molecule has 0 bridgehead atoms. The van der Waals surface area contributed by atoms with Crippen molar-refractivity contribution in [3.63, 3.8) is 0 Å². The number of carboxylic acid groups (broad SMARTS) is 1. The highest BCUT2D eigenvalue weighted by Crippen LogP contribution is 2.17. The molecule has 0 spiro atoms. The van der Waals surface area contributed by atoms with Crippen LogP contribution in [0.3, 0.4) is 0 Å². The highest BCUT2D eigenvalue weighted by molar-refractivity contribution is 9.10. The van der Waals surface area contributed by atoms with E-state index >= 15 is 0 Å². The van der Waals surface area contributed by atoms with Gasteiger partial charge < -0.3 is 19.6 Å². The maximum Gasteiger partial charge on any atom is 0.326 e. The number of nitrogens with one attached hydrogen (secondary N) is 1. The van der Waals surface area contributed by atoms with Gasteiger partial charge in [-0.25, -0.2) is 4.79 Å². The molecule has 7 nitrogen and oxygen atoms in total. The van der Waals surface area contributed by atoms with Crippen molar-refractivity contribution < 1.29 is 28.6 Å². The number of hydrogen-bond donors (Lipinski definition) is 2. The second kappa shape index (κ2) is 6.75. The third kappa shape index (κ3) is 5.58. The van der Waals surface area contributed by atoms with Crippen molar-refractivity contribution >= 4 is 33.8 Å². The van der Waals surface area contributed by atoms with Gasteiger partial charge in [0, 0.05) is 0 Å². The molecule has 0 aliphatic heterocycles. The molecule has 1 amide bonds. The Hall–Kier alpha value is -1.83. The van der Waals surface area contributed by atoms with E-state index in [1.165, 1.54) is 12.3 Å². The Morgan fingerprint density at radius 1 is 1.43 bits per heavy atom. The summed E-state index contributed by atoms with van der Waals surface area (Å²) in [5, 5.41) is 11.3. The predicted octanol–water partition coefficient (Wildman–Crippen LogP) is 1.96. The number of aliphatic carboxylic acids is 1. The number of hydrogen-bond acceptors (Lipinski definition) is 5. The monoisotopic (exact) mass is 361 g/mol. The number of halogens is 1. The van der Waals surface area contributed by atoms with Gasteiger partial charge in [-0.3, -0.25) is 9.59 Å². The lowest BCUT2D eigenvalue weighted by Crippen LogP contribution is -2.43. The summed E-state index contributed by atoms with van der Waals surface area (Å²) in [6, 6.07) is 0.000340. The molecular weight excluding hydrogens is 346 g/mol. The summed E-state index contributed by atoms with van der Waals surface area (Å²) in [5.74, 6) is -2.69. The molecule has 0 aliphatic carbocycles. The number of carbonyl (C=O) groups is 3. The maximum absolute atomic E-state index is 11.9. The lowest BCUT2D eigenvalue weighted by atomic mass is 10.1. The van der Waals surface area contributed by atoms with Crippen LogP contribution in [0.15, 0.2) is 21.4 Å². The second-order valence-corrected chi connectivity index (χ2v) is 5.98. The van der Waals surface area contributed by atoms with Crippen LogP contribution >= 0.6 is 15.9 Å². The molecule has 2 N–H and O–H groups in total. The topological polar surface area (TPSA) is 106 Å². The molecule has 116 valence electrons. The van der Waals surface area contributed by atoms with Gasteiger partial charge in [0.15, 0.2) is 4.67 Å². The average Bonchev–Trinajstić information content (AvgIpc) is 2.71. The lowest BCUT2D eigenvalue weighted by molar-refractivity contribution is -0.158. The van der Waals surface area contributed by atoms with Gasteiger partial charge >= 0.3 is 11.9 Å². The van der Waals surface area contributed by atoms with Crippen LogP contribution in [0.25, 0.3) is 0 Å². The first-order valence-electron chi connectivity index (χ1n) is 6.08. The van der Waals surface area contributed by atoms with E-state index in [1.54, 1.807) is 20.8 Å². The van der Waals surface area contributed by atoms with E-state index in [2.05, 4.69) is 21.2 Å². The second-order valence-electron chi connectivity index (χ2n) is 5.26. The Morgan fingerprint density at radius 3 is 2.48 bits per heavy atom. The van der Waals surface area contributed by atoms with Crippen molar-refractivity contribution in [3.8, 4) is 0 Å². The molecule has 21 heavy (non-hydrogen) atoms. The SMILES string of the molecule is CC(C)(C)OC(=O)C[C@H](NC(=O)c1ccoc1Br)C(=O)O. The Bertz CT molecular complexity index is 545. The minimum absolute atomic E-state index is 0.144. The molecular formula is C13H16BrNO6. The van der Waals surface area contributed by atoms with Crippen LogP contribution in [0.5, 0.6) is 0 Å². The van der Waals surface area contributed by atoms with E-state index < -0.39 is 35.9 Å². The van der Waals surface area contributed by atoms with Crippen LogP contribution < -0.4 is 5.32 Å². The van der Waals surface area contributed by atoms with E-state index in [0.717, 1.165) is 0 Å². The summed E-state index contributed by atoms with van der Waals surface area (Å²) in [7, 11) is 0. The van der Waals surface area contributed by atoms with Gasteiger partial charge in [0.1, 0.15) is 11.6 Å². The first-order valence-corrected chi connectivity index (χ1v) is 6.88. The largest absolute Gasteiger partial charge is 0.480 e. The van der Waals surface area contributed by atoms with Gasteiger partial charge in [0.25, 0.3) is 5.91 Å². The van der Waals surface area contributed by atoms with Gasteiger partial charge in [-0.1, -0.05) is 0 Å². The summed E-state index contributed by atoms with van der Waals surface area (Å²) < 4.78 is 10.1. The Balaban J connectivity index is 2.71. The van der Waals surface area contributed by atoms with Crippen LogP contribution in [0.1, 0.15) is 37.6 Å². The standard InChI is InChI=1S/C13H16BrNO6/c1-13(2,3)21-9(16)6-8(12(18)19)15-11(17)7-4-5-20-10(7)14/h4-5,8H,6H2,1-3H3,(H,15,17)(H,18,19)/t8-/m0/s1. The summed E-state index contributed by atoms with van der Waals surface area (Å²) in [5.41, 5.74) is -0.581. The van der Waals surface area contributed by atoms with Crippen LogP contribution in [0.2, 0.25) is 0 Å². The van der Waals surface area contributed by atoms with E-state index in [9.17, 15) is 14.4 Å². The smallest absolute Gasteiger partial charge is 0.326 e. The van der Waals surface area contributed by atoms with Gasteiger partial charge in [0.05, 0.1) is 18.2 Å². The highest BCUT2D eigenvalue weighted by atomic mass is 79.9. The predicted molar refractivity (Wildman–Crippen MR) is 75.8 cm³/mol. The van der Waals surface area contributed by atoms with Gasteiger partial charge in [-0.2, -0.15) is 0 Å². The van der Waals surface area contributed by atoms with Crippen LogP contribution in [-0.2, 0) is 14.3 Å². The minimum atomic E-state index is -1.38. The minimum Gasteiger partial charge on any atom is -0.480 e. The summed E-state index contributed by atoms with van der Waals surface area (Å²) in [4.78, 5) is 34.7. The fourth-order valence-corrected chi connectivity index (χ4v) is 1.86. The first kappa shape index (κ1) is 17.2. The van der Waals surface area contributed by atoms with Crippen LogP contribution in [0, 0.1) is 0 Å². The normalized spacial score (nSPS) is 12.6. The molecule has 1 atom stereocenters. The van der Waals surface area contributed by atoms with Crippen molar-refractivity contribution in [3.05, 3.63) is 22.6 Å². The number of esters is 1. The molecule has 0 aliphatic rings. The van der Waals surface area contributed by atoms with E-state index in [-0.39, 0.29) is 10.2 Å². The molecule has 0 aromatic carbocycles. The molecule has 8 heteroatoms. The number of carboxylic acids is 1. The molecule has 0 saturated heterocycles. The van der Waals surface area contributed by atoms with Gasteiger partial charge in [0.2, 0.25) is 0 Å². The first-order chi connectivity index (χ1) is 9.60. The fraction of sp³-hybridized carbons (Fsp3) is 0.462. The molecule has 1 rings (SSSR count). The number of furan rings is 1. The Morgan fingerprint density at radius 2 is 2.05 bits per heavy atom. The Labute approximate surface area is 129 Å². The number of ether oxygens (including phenoxy) is 1. The average molecular weight is 362 g/mol. The zero-order valence-corrected chi connectivity index (χ0v) is 13.4.